The predicted molar refractivity (Wildman–Crippen MR) is 111 cm³/mol. The Kier molecular flexibility index (Phi) is 4.94. The monoisotopic (exact) mass is 373 g/mol. The van der Waals surface area contributed by atoms with Gasteiger partial charge in [0.15, 0.2) is 0 Å². The van der Waals surface area contributed by atoms with Crippen molar-refractivity contribution in [2.75, 3.05) is 13.4 Å². The lowest BCUT2D eigenvalue weighted by Crippen LogP contribution is -1.89. The maximum Gasteiger partial charge on any atom is 0.138 e. The lowest BCUT2D eigenvalue weighted by Gasteiger charge is -2.08. The van der Waals surface area contributed by atoms with E-state index in [1.54, 1.807) is 31.3 Å². The van der Waals surface area contributed by atoms with Crippen LogP contribution in [0.5, 0.6) is 5.75 Å². The van der Waals surface area contributed by atoms with Crippen LogP contribution in [0.3, 0.4) is 0 Å². The Bertz CT molecular complexity index is 1040. The van der Waals surface area contributed by atoms with Gasteiger partial charge < -0.3 is 9.72 Å². The second kappa shape index (κ2) is 7.68. The minimum atomic E-state index is 0.806. The first-order valence-electron chi connectivity index (χ1n) is 8.58. The Hall–Kier alpha value is -3.05. The number of aromatic nitrogens is 3. The van der Waals surface area contributed by atoms with Crippen molar-refractivity contribution in [1.82, 2.24) is 15.0 Å². The number of aromatic amines is 1. The molecule has 0 aliphatic carbocycles. The van der Waals surface area contributed by atoms with E-state index >= 15 is 0 Å². The maximum atomic E-state index is 5.57. The normalized spacial score (nSPS) is 10.7. The molecule has 0 bridgehead atoms. The summed E-state index contributed by atoms with van der Waals surface area (Å²) in [5.74, 6) is 1.64. The Labute approximate surface area is 162 Å². The zero-order valence-electron chi connectivity index (χ0n) is 15.1. The van der Waals surface area contributed by atoms with Crippen LogP contribution in [0, 0.1) is 0 Å². The highest BCUT2D eigenvalue weighted by atomic mass is 32.2. The SMILES string of the molecule is COc1ccccc1-c1[nH]c(-c2ccc(SC)cc2)nc1-c1ccncc1. The van der Waals surface area contributed by atoms with Gasteiger partial charge in [0.25, 0.3) is 0 Å². The molecule has 0 saturated carbocycles. The van der Waals surface area contributed by atoms with Crippen LogP contribution in [-0.2, 0) is 0 Å². The molecule has 0 fully saturated rings. The average Bonchev–Trinajstić information content (AvgIpc) is 3.19. The fourth-order valence-electron chi connectivity index (χ4n) is 3.02. The van der Waals surface area contributed by atoms with Crippen molar-refractivity contribution >= 4 is 11.8 Å². The van der Waals surface area contributed by atoms with Crippen LogP contribution in [0.25, 0.3) is 33.9 Å². The summed E-state index contributed by atoms with van der Waals surface area (Å²) in [4.78, 5) is 13.8. The number of para-hydroxylation sites is 1. The summed E-state index contributed by atoms with van der Waals surface area (Å²) in [5, 5.41) is 0. The number of H-pyrrole nitrogens is 1. The molecule has 2 aromatic carbocycles. The molecule has 4 aromatic rings. The third-order valence-corrected chi connectivity index (χ3v) is 5.14. The van der Waals surface area contributed by atoms with Gasteiger partial charge in [0.1, 0.15) is 11.6 Å². The molecule has 0 spiro atoms. The molecule has 0 saturated heterocycles. The molecule has 5 heteroatoms. The fraction of sp³-hybridized carbons (Fsp3) is 0.0909. The van der Waals surface area contributed by atoms with Gasteiger partial charge in [-0.2, -0.15) is 0 Å². The lowest BCUT2D eigenvalue weighted by molar-refractivity contribution is 0.416. The summed E-state index contributed by atoms with van der Waals surface area (Å²) in [7, 11) is 1.68. The molecule has 0 radical (unpaired) electrons. The van der Waals surface area contributed by atoms with Crippen molar-refractivity contribution in [2.45, 2.75) is 4.90 Å². The Morgan fingerprint density at radius 2 is 1.63 bits per heavy atom. The van der Waals surface area contributed by atoms with Gasteiger partial charge in [-0.25, -0.2) is 4.98 Å². The molecule has 2 aromatic heterocycles. The van der Waals surface area contributed by atoms with Crippen molar-refractivity contribution in [3.8, 4) is 39.7 Å². The van der Waals surface area contributed by atoms with Gasteiger partial charge in [0, 0.05) is 34.0 Å². The van der Waals surface area contributed by atoms with Crippen LogP contribution in [0.1, 0.15) is 0 Å². The van der Waals surface area contributed by atoms with Crippen molar-refractivity contribution in [3.63, 3.8) is 0 Å². The van der Waals surface area contributed by atoms with Gasteiger partial charge in [0.05, 0.1) is 18.5 Å². The van der Waals surface area contributed by atoms with E-state index in [9.17, 15) is 0 Å². The predicted octanol–water partition coefficient (Wildman–Crippen LogP) is 5.54. The largest absolute Gasteiger partial charge is 0.496 e. The van der Waals surface area contributed by atoms with Gasteiger partial charge in [0.2, 0.25) is 0 Å². The molecule has 0 unspecified atom stereocenters. The summed E-state index contributed by atoms with van der Waals surface area (Å²) in [6.07, 6.45) is 5.63. The molecule has 0 amide bonds. The van der Waals surface area contributed by atoms with Crippen LogP contribution >= 0.6 is 11.8 Å². The summed E-state index contributed by atoms with van der Waals surface area (Å²) >= 11 is 1.73. The molecule has 0 aliphatic heterocycles. The standard InChI is InChI=1S/C22H19N3OS/c1-26-19-6-4-3-5-18(19)21-20(15-11-13-23-14-12-15)24-22(25-21)16-7-9-17(27-2)10-8-16/h3-14H,1-2H3,(H,24,25). The lowest BCUT2D eigenvalue weighted by atomic mass is 10.1. The highest BCUT2D eigenvalue weighted by Crippen LogP contribution is 2.37. The number of nitrogens with zero attached hydrogens (tertiary/aromatic N) is 2. The Morgan fingerprint density at radius 1 is 0.889 bits per heavy atom. The number of benzene rings is 2. The van der Waals surface area contributed by atoms with E-state index in [1.807, 2.05) is 36.4 Å². The summed E-state index contributed by atoms with van der Waals surface area (Å²) in [5.41, 5.74) is 4.85. The zero-order chi connectivity index (χ0) is 18.6. The van der Waals surface area contributed by atoms with Crippen LogP contribution in [0.4, 0.5) is 0 Å². The average molecular weight is 373 g/mol. The topological polar surface area (TPSA) is 50.8 Å². The van der Waals surface area contributed by atoms with Crippen molar-refractivity contribution in [3.05, 3.63) is 73.1 Å². The zero-order valence-corrected chi connectivity index (χ0v) is 16.0. The van der Waals surface area contributed by atoms with E-state index in [0.717, 1.165) is 39.7 Å². The number of pyridine rings is 1. The number of methoxy groups -OCH3 is 1. The van der Waals surface area contributed by atoms with Crippen molar-refractivity contribution in [1.29, 1.82) is 0 Å². The third-order valence-electron chi connectivity index (χ3n) is 4.40. The molecular weight excluding hydrogens is 354 g/mol. The van der Waals surface area contributed by atoms with Gasteiger partial charge in [-0.15, -0.1) is 11.8 Å². The van der Waals surface area contributed by atoms with Crippen LogP contribution < -0.4 is 4.74 Å². The van der Waals surface area contributed by atoms with Crippen LogP contribution in [0.15, 0.2) is 78.0 Å². The van der Waals surface area contributed by atoms with E-state index in [-0.39, 0.29) is 0 Å². The number of thioether (sulfide) groups is 1. The first kappa shape index (κ1) is 17.4. The minimum absolute atomic E-state index is 0.806. The molecule has 134 valence electrons. The third kappa shape index (κ3) is 3.46. The van der Waals surface area contributed by atoms with Gasteiger partial charge in [-0.05, 0) is 42.7 Å². The second-order valence-corrected chi connectivity index (χ2v) is 6.85. The van der Waals surface area contributed by atoms with Gasteiger partial charge in [-0.1, -0.05) is 24.3 Å². The maximum absolute atomic E-state index is 5.57. The molecule has 0 aliphatic rings. The molecule has 1 N–H and O–H groups in total. The van der Waals surface area contributed by atoms with Crippen molar-refractivity contribution < 1.29 is 4.74 Å². The number of imidazole rings is 1. The first-order valence-corrected chi connectivity index (χ1v) is 9.81. The Balaban J connectivity index is 1.89. The van der Waals surface area contributed by atoms with E-state index in [1.165, 1.54) is 4.90 Å². The Morgan fingerprint density at radius 3 is 2.33 bits per heavy atom. The molecule has 0 atom stereocenters. The molecule has 4 rings (SSSR count). The quantitative estimate of drug-likeness (QED) is 0.467. The minimum Gasteiger partial charge on any atom is -0.496 e. The summed E-state index contributed by atoms with van der Waals surface area (Å²) in [6, 6.07) is 20.3. The number of hydrogen-bond donors (Lipinski definition) is 1. The van der Waals surface area contributed by atoms with E-state index in [2.05, 4.69) is 40.5 Å². The van der Waals surface area contributed by atoms with Crippen LogP contribution in [-0.4, -0.2) is 28.3 Å². The molecule has 4 nitrogen and oxygen atoms in total. The summed E-state index contributed by atoms with van der Waals surface area (Å²) < 4.78 is 5.57. The molecule has 27 heavy (non-hydrogen) atoms. The highest BCUT2D eigenvalue weighted by Gasteiger charge is 2.17. The second-order valence-electron chi connectivity index (χ2n) is 5.97. The van der Waals surface area contributed by atoms with E-state index in [4.69, 9.17) is 9.72 Å². The fourth-order valence-corrected chi connectivity index (χ4v) is 3.43. The van der Waals surface area contributed by atoms with Crippen LogP contribution in [0.2, 0.25) is 0 Å². The van der Waals surface area contributed by atoms with Crippen molar-refractivity contribution in [2.24, 2.45) is 0 Å². The number of rotatable bonds is 5. The van der Waals surface area contributed by atoms with E-state index in [0.29, 0.717) is 0 Å². The first-order chi connectivity index (χ1) is 13.3. The number of nitrogens with one attached hydrogen (secondary N) is 1. The van der Waals surface area contributed by atoms with E-state index < -0.39 is 0 Å². The van der Waals surface area contributed by atoms with Gasteiger partial charge >= 0.3 is 0 Å². The molecular formula is C22H19N3OS. The van der Waals surface area contributed by atoms with Gasteiger partial charge in [-0.3, -0.25) is 4.98 Å². The number of hydrogen-bond acceptors (Lipinski definition) is 4. The summed E-state index contributed by atoms with van der Waals surface area (Å²) in [6.45, 7) is 0. The number of ether oxygens (including phenoxy) is 1. The highest BCUT2D eigenvalue weighted by molar-refractivity contribution is 7.98. The molecule has 2 heterocycles. The smallest absolute Gasteiger partial charge is 0.138 e.